The van der Waals surface area contributed by atoms with Crippen molar-refractivity contribution in [3.63, 3.8) is 0 Å². The Morgan fingerprint density at radius 2 is 1.76 bits per heavy atom. The number of rotatable bonds is 4. The molecule has 6 nitrogen and oxygen atoms in total. The Morgan fingerprint density at radius 1 is 1.12 bits per heavy atom. The normalized spacial score (nSPS) is 17.7. The van der Waals surface area contributed by atoms with E-state index in [1.807, 2.05) is 0 Å². The van der Waals surface area contributed by atoms with Crippen LogP contribution in [0.1, 0.15) is 30.5 Å². The van der Waals surface area contributed by atoms with Crippen LogP contribution in [0.15, 0.2) is 36.5 Å². The fourth-order valence-corrected chi connectivity index (χ4v) is 4.54. The molecule has 1 aliphatic carbocycles. The number of nitrogens with zero attached hydrogens (tertiary/aromatic N) is 4. The smallest absolute Gasteiger partial charge is 0.406 e. The molecule has 0 atom stereocenters. The zero-order valence-corrected chi connectivity index (χ0v) is 17.9. The minimum Gasteiger partial charge on any atom is -0.406 e. The number of thiocarbonyl (C=S) groups is 1. The number of aromatic nitrogens is 1. The molecule has 0 N–H and O–H groups in total. The van der Waals surface area contributed by atoms with Crippen LogP contribution in [0.4, 0.5) is 37.7 Å². The maximum absolute atomic E-state index is 13.6. The third kappa shape index (κ3) is 4.02. The number of hydrogen-bond donors (Lipinski definition) is 0. The summed E-state index contributed by atoms with van der Waals surface area (Å²) in [4.78, 5) is 19.5. The number of carbonyl (C=O) groups excluding carboxylic acids is 1. The molecule has 2 fully saturated rings. The molecule has 0 bridgehead atoms. The van der Waals surface area contributed by atoms with Gasteiger partial charge in [0.1, 0.15) is 11.3 Å². The zero-order chi connectivity index (χ0) is 24.9. The van der Waals surface area contributed by atoms with Gasteiger partial charge in [-0.05, 0) is 61.8 Å². The van der Waals surface area contributed by atoms with E-state index >= 15 is 0 Å². The van der Waals surface area contributed by atoms with E-state index in [-0.39, 0.29) is 10.8 Å². The lowest BCUT2D eigenvalue weighted by Gasteiger charge is -2.43. The number of nitriles is 1. The minimum atomic E-state index is -4.88. The van der Waals surface area contributed by atoms with Crippen LogP contribution < -0.4 is 14.5 Å². The molecule has 0 radical (unpaired) electrons. The molecule has 2 aliphatic rings. The van der Waals surface area contributed by atoms with Crippen molar-refractivity contribution in [2.45, 2.75) is 43.8 Å². The average Bonchev–Trinajstić information content (AvgIpc) is 2.94. The number of alkyl halides is 6. The molecule has 1 aliphatic heterocycles. The lowest BCUT2D eigenvalue weighted by molar-refractivity contribution is -0.274. The Balaban J connectivity index is 1.73. The topological polar surface area (TPSA) is 69.5 Å². The highest BCUT2D eigenvalue weighted by atomic mass is 32.1. The van der Waals surface area contributed by atoms with Crippen LogP contribution in [-0.4, -0.2) is 27.9 Å². The SMILES string of the molecule is N#CCc1ncc(N2C(=O)C3(CCC3)N(c3ccc(OC(F)(F)F)cc3)C2=S)cc1C(F)(F)F. The predicted molar refractivity (Wildman–Crippen MR) is 111 cm³/mol. The predicted octanol–water partition coefficient (Wildman–Crippen LogP) is 5.13. The summed E-state index contributed by atoms with van der Waals surface area (Å²) in [5.41, 5.74) is -2.72. The van der Waals surface area contributed by atoms with Gasteiger partial charge in [-0.15, -0.1) is 13.2 Å². The molecule has 13 heteroatoms. The standard InChI is InChI=1S/C21H14F6N4O2S/c22-20(23,24)15-10-13(11-29-16(15)6-9-28)30-17(32)19(7-1-8-19)31(18(30)34)12-2-4-14(5-3-12)33-21(25,26)27/h2-5,10-11H,1,6-8H2. The number of halogens is 6. The third-order valence-corrected chi connectivity index (χ3v) is 6.05. The van der Waals surface area contributed by atoms with Gasteiger partial charge in [-0.3, -0.25) is 14.7 Å². The second-order valence-electron chi connectivity index (χ2n) is 7.71. The Kier molecular flexibility index (Phi) is 5.67. The van der Waals surface area contributed by atoms with Crippen LogP contribution in [0.25, 0.3) is 0 Å². The largest absolute Gasteiger partial charge is 0.573 e. The number of anilines is 2. The van der Waals surface area contributed by atoms with Gasteiger partial charge in [0.05, 0.1) is 35.6 Å². The van der Waals surface area contributed by atoms with E-state index in [1.54, 1.807) is 6.07 Å². The Morgan fingerprint density at radius 3 is 2.26 bits per heavy atom. The molecule has 1 saturated carbocycles. The van der Waals surface area contributed by atoms with Gasteiger partial charge < -0.3 is 9.64 Å². The van der Waals surface area contributed by atoms with Crippen LogP contribution in [0.2, 0.25) is 0 Å². The average molecular weight is 500 g/mol. The summed E-state index contributed by atoms with van der Waals surface area (Å²) in [6, 6.07) is 7.05. The summed E-state index contributed by atoms with van der Waals surface area (Å²) < 4.78 is 82.0. The van der Waals surface area contributed by atoms with Crippen molar-refractivity contribution in [1.82, 2.24) is 4.98 Å². The number of ether oxygens (including phenoxy) is 1. The molecule has 1 saturated heterocycles. The highest BCUT2D eigenvalue weighted by molar-refractivity contribution is 7.81. The van der Waals surface area contributed by atoms with Gasteiger partial charge >= 0.3 is 12.5 Å². The first kappa shape index (κ1) is 23.7. The summed E-state index contributed by atoms with van der Waals surface area (Å²) in [6.07, 6.45) is -7.86. The Hall–Kier alpha value is -3.40. The van der Waals surface area contributed by atoms with E-state index in [0.29, 0.717) is 24.9 Å². The number of carbonyl (C=O) groups is 1. The molecule has 178 valence electrons. The molecule has 1 aromatic heterocycles. The number of benzene rings is 1. The first-order chi connectivity index (χ1) is 15.9. The first-order valence-electron chi connectivity index (χ1n) is 9.85. The zero-order valence-electron chi connectivity index (χ0n) is 17.1. The highest BCUT2D eigenvalue weighted by Crippen LogP contribution is 2.48. The van der Waals surface area contributed by atoms with Gasteiger partial charge in [-0.2, -0.15) is 18.4 Å². The van der Waals surface area contributed by atoms with Crippen molar-refractivity contribution in [1.29, 1.82) is 5.26 Å². The van der Waals surface area contributed by atoms with Crippen molar-refractivity contribution in [2.75, 3.05) is 9.80 Å². The van der Waals surface area contributed by atoms with Crippen molar-refractivity contribution in [2.24, 2.45) is 0 Å². The lowest BCUT2D eigenvalue weighted by Crippen LogP contribution is -2.55. The molecule has 1 spiro atoms. The quantitative estimate of drug-likeness (QED) is 0.429. The van der Waals surface area contributed by atoms with Crippen molar-refractivity contribution < 1.29 is 35.9 Å². The van der Waals surface area contributed by atoms with Gasteiger partial charge in [0.25, 0.3) is 5.91 Å². The Bertz CT molecular complexity index is 1190. The molecule has 0 unspecified atom stereocenters. The maximum Gasteiger partial charge on any atom is 0.573 e. The molecule has 2 heterocycles. The van der Waals surface area contributed by atoms with Crippen LogP contribution in [0.5, 0.6) is 5.75 Å². The van der Waals surface area contributed by atoms with Crippen LogP contribution >= 0.6 is 12.2 Å². The Labute approximate surface area is 194 Å². The molecule has 1 aromatic carbocycles. The van der Waals surface area contributed by atoms with Crippen molar-refractivity contribution >= 4 is 34.6 Å². The highest BCUT2D eigenvalue weighted by Gasteiger charge is 2.59. The van der Waals surface area contributed by atoms with Gasteiger partial charge in [-0.1, -0.05) is 0 Å². The number of amides is 1. The molecule has 1 amide bonds. The second-order valence-corrected chi connectivity index (χ2v) is 8.07. The fourth-order valence-electron chi connectivity index (χ4n) is 4.07. The van der Waals surface area contributed by atoms with E-state index in [4.69, 9.17) is 17.5 Å². The van der Waals surface area contributed by atoms with E-state index in [9.17, 15) is 31.1 Å². The molecular formula is C21H14F6N4O2S. The third-order valence-electron chi connectivity index (χ3n) is 5.69. The van der Waals surface area contributed by atoms with Crippen LogP contribution in [0, 0.1) is 11.3 Å². The van der Waals surface area contributed by atoms with Gasteiger partial charge in [-0.25, -0.2) is 0 Å². The minimum absolute atomic E-state index is 0.128. The summed E-state index contributed by atoms with van der Waals surface area (Å²) in [6.45, 7) is 0. The molecule has 2 aromatic rings. The second kappa shape index (κ2) is 8.12. The fraction of sp³-hybridized carbons (Fsp3) is 0.333. The van der Waals surface area contributed by atoms with Crippen molar-refractivity contribution in [3.8, 4) is 11.8 Å². The van der Waals surface area contributed by atoms with Crippen molar-refractivity contribution in [3.05, 3.63) is 47.8 Å². The molecular weight excluding hydrogens is 486 g/mol. The summed E-state index contributed by atoms with van der Waals surface area (Å²) >= 11 is 5.45. The monoisotopic (exact) mass is 500 g/mol. The van der Waals surface area contributed by atoms with Gasteiger partial charge in [0.2, 0.25) is 0 Å². The van der Waals surface area contributed by atoms with Crippen LogP contribution in [0.3, 0.4) is 0 Å². The molecule has 4 rings (SSSR count). The maximum atomic E-state index is 13.6. The summed E-state index contributed by atoms with van der Waals surface area (Å²) in [7, 11) is 0. The summed E-state index contributed by atoms with van der Waals surface area (Å²) in [5.74, 6) is -1.03. The van der Waals surface area contributed by atoms with Gasteiger partial charge in [0.15, 0.2) is 5.11 Å². The van der Waals surface area contributed by atoms with Crippen LogP contribution in [-0.2, 0) is 17.4 Å². The number of hydrogen-bond acceptors (Lipinski definition) is 5. The van der Waals surface area contributed by atoms with E-state index < -0.39 is 47.4 Å². The van der Waals surface area contributed by atoms with E-state index in [0.717, 1.165) is 29.3 Å². The first-order valence-corrected chi connectivity index (χ1v) is 10.3. The summed E-state index contributed by atoms with van der Waals surface area (Å²) in [5, 5.41) is 8.68. The molecule has 34 heavy (non-hydrogen) atoms. The lowest BCUT2D eigenvalue weighted by atomic mass is 9.75. The van der Waals surface area contributed by atoms with E-state index in [1.165, 1.54) is 17.0 Å². The number of pyridine rings is 1. The van der Waals surface area contributed by atoms with E-state index in [2.05, 4.69) is 9.72 Å². The van der Waals surface area contributed by atoms with Gasteiger partial charge in [0, 0.05) is 5.69 Å².